The minimum atomic E-state index is -0.00337. The minimum absolute atomic E-state index is 0.00337. The zero-order valence-electron chi connectivity index (χ0n) is 13.4. The van der Waals surface area contributed by atoms with Gasteiger partial charge in [-0.3, -0.25) is 4.79 Å². The lowest BCUT2D eigenvalue weighted by atomic mass is 10.2. The fraction of sp³-hybridized carbons (Fsp3) is 0.278. The van der Waals surface area contributed by atoms with Crippen LogP contribution in [0, 0.1) is 0 Å². The molecule has 0 aliphatic rings. The van der Waals surface area contributed by atoms with Crippen LogP contribution in [0.15, 0.2) is 41.8 Å². The summed E-state index contributed by atoms with van der Waals surface area (Å²) >= 11 is 7.77. The summed E-state index contributed by atoms with van der Waals surface area (Å²) in [6, 6.07) is 11.9. The lowest BCUT2D eigenvalue weighted by Crippen LogP contribution is -2.29. The van der Waals surface area contributed by atoms with E-state index < -0.39 is 0 Å². The van der Waals surface area contributed by atoms with E-state index in [1.54, 1.807) is 18.4 Å². The van der Waals surface area contributed by atoms with Gasteiger partial charge in [-0.15, -0.1) is 11.3 Å². The second kappa shape index (κ2) is 7.83. The quantitative estimate of drug-likeness (QED) is 0.641. The second-order valence-electron chi connectivity index (χ2n) is 5.49. The van der Waals surface area contributed by atoms with E-state index in [1.165, 1.54) is 0 Å². The molecule has 0 aliphatic heterocycles. The van der Waals surface area contributed by atoms with Gasteiger partial charge in [0.15, 0.2) is 0 Å². The Hall–Kier alpha value is -1.82. The molecule has 2 aromatic heterocycles. The van der Waals surface area contributed by atoms with Gasteiger partial charge >= 0.3 is 0 Å². The topological polar surface area (TPSA) is 43.3 Å². The first-order valence-electron chi connectivity index (χ1n) is 7.77. The maximum atomic E-state index is 12.3. The molecule has 0 fully saturated rings. The van der Waals surface area contributed by atoms with E-state index in [-0.39, 0.29) is 12.5 Å². The first-order chi connectivity index (χ1) is 11.7. The predicted octanol–water partition coefficient (Wildman–Crippen LogP) is 4.18. The number of methoxy groups -OCH3 is 1. The van der Waals surface area contributed by atoms with Crippen LogP contribution in [0.25, 0.3) is 21.5 Å². The third-order valence-corrected chi connectivity index (χ3v) is 4.91. The largest absolute Gasteiger partial charge is 0.385 e. The number of benzene rings is 1. The number of nitrogens with zero attached hydrogens (tertiary/aromatic N) is 1. The Morgan fingerprint density at radius 2 is 2.21 bits per heavy atom. The number of hydrogen-bond donors (Lipinski definition) is 1. The molecule has 0 saturated carbocycles. The number of thiophene rings is 1. The predicted molar refractivity (Wildman–Crippen MR) is 99.8 cm³/mol. The van der Waals surface area contributed by atoms with E-state index in [0.29, 0.717) is 18.2 Å². The highest BCUT2D eigenvalue weighted by molar-refractivity contribution is 7.13. The molecule has 6 heteroatoms. The van der Waals surface area contributed by atoms with Crippen molar-refractivity contribution in [1.29, 1.82) is 0 Å². The number of ether oxygens (including phenoxy) is 1. The Morgan fingerprint density at radius 1 is 1.33 bits per heavy atom. The zero-order valence-corrected chi connectivity index (χ0v) is 15.0. The van der Waals surface area contributed by atoms with E-state index >= 15 is 0 Å². The van der Waals surface area contributed by atoms with Crippen LogP contribution in [-0.4, -0.2) is 30.7 Å². The average Bonchev–Trinajstić information content (AvgIpc) is 3.19. The van der Waals surface area contributed by atoms with Crippen molar-refractivity contribution in [2.24, 2.45) is 0 Å². The fourth-order valence-corrected chi connectivity index (χ4v) is 3.62. The summed E-state index contributed by atoms with van der Waals surface area (Å²) in [6.07, 6.45) is 0.808. The number of hydrogen-bond acceptors (Lipinski definition) is 3. The summed E-state index contributed by atoms with van der Waals surface area (Å²) in [5.74, 6) is -0.00337. The summed E-state index contributed by atoms with van der Waals surface area (Å²) in [4.78, 5) is 13.4. The van der Waals surface area contributed by atoms with Crippen molar-refractivity contribution in [2.75, 3.05) is 20.3 Å². The number of carbonyl (C=O) groups is 1. The van der Waals surface area contributed by atoms with Gasteiger partial charge in [0.2, 0.25) is 5.91 Å². The van der Waals surface area contributed by atoms with Gasteiger partial charge in [-0.2, -0.15) is 0 Å². The highest BCUT2D eigenvalue weighted by atomic mass is 35.5. The average molecular weight is 363 g/mol. The first-order valence-corrected chi connectivity index (χ1v) is 9.03. The molecule has 1 N–H and O–H groups in total. The monoisotopic (exact) mass is 362 g/mol. The van der Waals surface area contributed by atoms with Crippen molar-refractivity contribution in [3.63, 3.8) is 0 Å². The molecule has 1 amide bonds. The molecule has 3 rings (SSSR count). The summed E-state index contributed by atoms with van der Waals surface area (Å²) in [7, 11) is 1.66. The van der Waals surface area contributed by atoms with Gasteiger partial charge in [0.1, 0.15) is 6.54 Å². The molecule has 0 bridgehead atoms. The maximum absolute atomic E-state index is 12.3. The van der Waals surface area contributed by atoms with Crippen LogP contribution < -0.4 is 5.32 Å². The second-order valence-corrected chi connectivity index (χ2v) is 6.88. The molecule has 3 aromatic rings. The number of halogens is 1. The molecule has 0 aliphatic carbocycles. The smallest absolute Gasteiger partial charge is 0.239 e. The van der Waals surface area contributed by atoms with Crippen molar-refractivity contribution in [2.45, 2.75) is 13.0 Å². The Bertz CT molecular complexity index is 827. The molecule has 4 nitrogen and oxygen atoms in total. The third kappa shape index (κ3) is 3.80. The summed E-state index contributed by atoms with van der Waals surface area (Å²) in [5, 5.41) is 6.71. The van der Waals surface area contributed by atoms with Gasteiger partial charge in [0.25, 0.3) is 0 Å². The Kier molecular flexibility index (Phi) is 5.56. The molecule has 0 spiro atoms. The Balaban J connectivity index is 1.87. The lowest BCUT2D eigenvalue weighted by Gasteiger charge is -2.10. The van der Waals surface area contributed by atoms with Crippen molar-refractivity contribution in [1.82, 2.24) is 9.88 Å². The summed E-state index contributed by atoms with van der Waals surface area (Å²) in [5.41, 5.74) is 2.05. The van der Waals surface area contributed by atoms with Crippen LogP contribution in [0.5, 0.6) is 0 Å². The standard InChI is InChI=1S/C18H19ClN2O2S/c1-23-8-3-7-20-18(22)12-21-15-6-5-14(19)10-13(15)11-16(21)17-4-2-9-24-17/h2,4-6,9-11H,3,7-8,12H2,1H3,(H,20,22). The number of carbonyl (C=O) groups excluding carboxylic acids is 1. The van der Waals surface area contributed by atoms with E-state index in [0.717, 1.165) is 27.9 Å². The SMILES string of the molecule is COCCCNC(=O)Cn1c(-c2cccs2)cc2cc(Cl)ccc21. The van der Waals surface area contributed by atoms with Crippen LogP contribution in [0.2, 0.25) is 5.02 Å². The summed E-state index contributed by atoms with van der Waals surface area (Å²) < 4.78 is 7.04. The van der Waals surface area contributed by atoms with Gasteiger partial charge in [0, 0.05) is 36.2 Å². The number of nitrogens with one attached hydrogen (secondary N) is 1. The lowest BCUT2D eigenvalue weighted by molar-refractivity contribution is -0.121. The van der Waals surface area contributed by atoms with E-state index in [4.69, 9.17) is 16.3 Å². The number of rotatable bonds is 7. The van der Waals surface area contributed by atoms with Crippen molar-refractivity contribution in [3.05, 3.63) is 46.8 Å². The van der Waals surface area contributed by atoms with Crippen LogP contribution in [0.4, 0.5) is 0 Å². The molecule has 0 atom stereocenters. The Morgan fingerprint density at radius 3 is 2.96 bits per heavy atom. The van der Waals surface area contributed by atoms with Crippen molar-refractivity contribution >= 4 is 39.7 Å². The van der Waals surface area contributed by atoms with Crippen molar-refractivity contribution in [3.8, 4) is 10.6 Å². The molecule has 2 heterocycles. The molecular formula is C18H19ClN2O2S. The van der Waals surface area contributed by atoms with Crippen molar-refractivity contribution < 1.29 is 9.53 Å². The van der Waals surface area contributed by atoms with Gasteiger partial charge in [-0.1, -0.05) is 17.7 Å². The van der Waals surface area contributed by atoms with Crippen LogP contribution >= 0.6 is 22.9 Å². The van der Waals surface area contributed by atoms with Gasteiger partial charge in [-0.25, -0.2) is 0 Å². The van der Waals surface area contributed by atoms with Crippen LogP contribution in [-0.2, 0) is 16.1 Å². The minimum Gasteiger partial charge on any atom is -0.385 e. The molecule has 24 heavy (non-hydrogen) atoms. The first kappa shape index (κ1) is 17.0. The van der Waals surface area contributed by atoms with Gasteiger partial charge in [-0.05, 0) is 42.1 Å². The molecule has 1 aromatic carbocycles. The maximum Gasteiger partial charge on any atom is 0.239 e. The number of amides is 1. The molecule has 0 unspecified atom stereocenters. The van der Waals surface area contributed by atoms with Crippen LogP contribution in [0.3, 0.4) is 0 Å². The Labute approximate surface area is 150 Å². The number of fused-ring (bicyclic) bond motifs is 1. The van der Waals surface area contributed by atoms with E-state index in [1.807, 2.05) is 34.2 Å². The normalized spacial score (nSPS) is 11.1. The highest BCUT2D eigenvalue weighted by Crippen LogP contribution is 2.32. The molecule has 0 saturated heterocycles. The molecular weight excluding hydrogens is 344 g/mol. The third-order valence-electron chi connectivity index (χ3n) is 3.79. The van der Waals surface area contributed by atoms with Gasteiger partial charge in [0.05, 0.1) is 10.6 Å². The van der Waals surface area contributed by atoms with E-state index in [2.05, 4.69) is 17.4 Å². The van der Waals surface area contributed by atoms with Gasteiger partial charge < -0.3 is 14.6 Å². The highest BCUT2D eigenvalue weighted by Gasteiger charge is 2.14. The van der Waals surface area contributed by atoms with Crippen LogP contribution in [0.1, 0.15) is 6.42 Å². The number of aromatic nitrogens is 1. The van der Waals surface area contributed by atoms with E-state index in [9.17, 15) is 4.79 Å². The molecule has 126 valence electrons. The fourth-order valence-electron chi connectivity index (χ4n) is 2.68. The molecule has 0 radical (unpaired) electrons. The summed E-state index contributed by atoms with van der Waals surface area (Å²) in [6.45, 7) is 1.54. The zero-order chi connectivity index (χ0) is 16.9.